The van der Waals surface area contributed by atoms with Crippen LogP contribution in [0.1, 0.15) is 16.8 Å². The Morgan fingerprint density at radius 3 is 2.73 bits per heavy atom. The van der Waals surface area contributed by atoms with Crippen LogP contribution in [0.15, 0.2) is 53.7 Å². The van der Waals surface area contributed by atoms with E-state index in [0.29, 0.717) is 12.1 Å². The summed E-state index contributed by atoms with van der Waals surface area (Å²) in [6.45, 7) is 1.55. The van der Waals surface area contributed by atoms with Gasteiger partial charge in [-0.1, -0.05) is 18.2 Å². The predicted molar refractivity (Wildman–Crippen MR) is 92.7 cm³/mol. The highest BCUT2D eigenvalue weighted by Gasteiger charge is 2.10. The molecule has 1 N–H and O–H groups in total. The number of amides is 1. The van der Waals surface area contributed by atoms with E-state index in [9.17, 15) is 4.79 Å². The van der Waals surface area contributed by atoms with Gasteiger partial charge in [0.05, 0.1) is 5.56 Å². The molecule has 0 aliphatic carbocycles. The molecule has 0 saturated heterocycles. The van der Waals surface area contributed by atoms with Crippen LogP contribution >= 0.6 is 11.8 Å². The topological polar surface area (TPSA) is 45.2 Å². The van der Waals surface area contributed by atoms with Crippen LogP contribution in [0, 0.1) is 0 Å². The molecule has 0 saturated carbocycles. The summed E-state index contributed by atoms with van der Waals surface area (Å²) in [6, 6.07) is 13.8. The number of nitrogens with zero attached hydrogens (tertiary/aromatic N) is 2. The van der Waals surface area contributed by atoms with Crippen molar-refractivity contribution in [1.82, 2.24) is 10.3 Å². The van der Waals surface area contributed by atoms with E-state index in [2.05, 4.69) is 34.4 Å². The number of rotatable bonds is 7. The highest BCUT2D eigenvalue weighted by Crippen LogP contribution is 2.16. The molecule has 5 heteroatoms. The van der Waals surface area contributed by atoms with Crippen LogP contribution < -0.4 is 10.2 Å². The minimum absolute atomic E-state index is 0.0557. The number of benzene rings is 1. The Hall–Kier alpha value is -2.01. The molecule has 1 aromatic heterocycles. The first-order valence-electron chi connectivity index (χ1n) is 7.25. The van der Waals surface area contributed by atoms with E-state index in [4.69, 9.17) is 0 Å². The zero-order chi connectivity index (χ0) is 15.8. The van der Waals surface area contributed by atoms with Crippen molar-refractivity contribution in [1.29, 1.82) is 0 Å². The molecule has 0 spiro atoms. The molecule has 116 valence electrons. The molecule has 0 fully saturated rings. The number of carbonyl (C=O) groups is 1. The lowest BCUT2D eigenvalue weighted by Gasteiger charge is -2.19. The molecule has 0 atom stereocenters. The number of hydrogen-bond donors (Lipinski definition) is 1. The summed E-state index contributed by atoms with van der Waals surface area (Å²) in [5.41, 5.74) is 1.83. The van der Waals surface area contributed by atoms with Gasteiger partial charge in [-0.2, -0.15) is 0 Å². The molecule has 0 aliphatic heterocycles. The van der Waals surface area contributed by atoms with Gasteiger partial charge < -0.3 is 10.2 Å². The van der Waals surface area contributed by atoms with Crippen LogP contribution in [-0.2, 0) is 0 Å². The molecule has 1 aromatic carbocycles. The van der Waals surface area contributed by atoms with Crippen LogP contribution in [-0.4, -0.2) is 37.3 Å². The molecule has 2 aromatic rings. The fraction of sp³-hybridized carbons (Fsp3) is 0.294. The molecule has 4 nitrogen and oxygen atoms in total. The number of para-hydroxylation sites is 1. The van der Waals surface area contributed by atoms with Crippen molar-refractivity contribution in [2.75, 3.05) is 31.3 Å². The van der Waals surface area contributed by atoms with Gasteiger partial charge in [0.2, 0.25) is 0 Å². The van der Waals surface area contributed by atoms with Crippen LogP contribution in [0.5, 0.6) is 0 Å². The summed E-state index contributed by atoms with van der Waals surface area (Å²) in [5, 5.41) is 3.73. The molecule has 22 heavy (non-hydrogen) atoms. The number of aromatic nitrogens is 1. The quantitative estimate of drug-likeness (QED) is 0.630. The number of carbonyl (C=O) groups excluding carboxylic acids is 1. The van der Waals surface area contributed by atoms with Gasteiger partial charge in [-0.15, -0.1) is 11.8 Å². The van der Waals surface area contributed by atoms with Gasteiger partial charge in [0.1, 0.15) is 5.03 Å². The Morgan fingerprint density at radius 2 is 2.00 bits per heavy atom. The number of pyridine rings is 1. The fourth-order valence-corrected chi connectivity index (χ4v) is 2.70. The van der Waals surface area contributed by atoms with E-state index in [1.54, 1.807) is 12.3 Å². The van der Waals surface area contributed by atoms with Crippen molar-refractivity contribution in [3.63, 3.8) is 0 Å². The second-order valence-corrected chi connectivity index (χ2v) is 5.72. The van der Waals surface area contributed by atoms with E-state index in [-0.39, 0.29) is 5.91 Å². The largest absolute Gasteiger partial charge is 0.375 e. The maximum absolute atomic E-state index is 12.2. The lowest BCUT2D eigenvalue weighted by atomic mass is 10.2. The minimum atomic E-state index is -0.0557. The van der Waals surface area contributed by atoms with Gasteiger partial charge in [-0.05, 0) is 36.9 Å². The summed E-state index contributed by atoms with van der Waals surface area (Å²) in [5.74, 6) is -0.0557. The van der Waals surface area contributed by atoms with E-state index < -0.39 is 0 Å². The minimum Gasteiger partial charge on any atom is -0.375 e. The molecule has 1 amide bonds. The Balaban J connectivity index is 1.78. The molecule has 2 rings (SSSR count). The molecule has 0 bridgehead atoms. The van der Waals surface area contributed by atoms with Crippen molar-refractivity contribution in [3.05, 3.63) is 54.2 Å². The SMILES string of the molecule is CSc1ncccc1C(=O)NCCCN(C)c1ccccc1. The van der Waals surface area contributed by atoms with E-state index in [0.717, 1.165) is 18.0 Å². The zero-order valence-corrected chi connectivity index (χ0v) is 13.8. The Bertz CT molecular complexity index is 604. The van der Waals surface area contributed by atoms with Crippen molar-refractivity contribution in [2.24, 2.45) is 0 Å². The lowest BCUT2D eigenvalue weighted by Crippen LogP contribution is -2.28. The average molecular weight is 315 g/mol. The number of thioether (sulfide) groups is 1. The lowest BCUT2D eigenvalue weighted by molar-refractivity contribution is 0.0950. The van der Waals surface area contributed by atoms with Crippen molar-refractivity contribution in [2.45, 2.75) is 11.4 Å². The maximum Gasteiger partial charge on any atom is 0.254 e. The molecule has 0 radical (unpaired) electrons. The Kier molecular flexibility index (Phi) is 6.27. The van der Waals surface area contributed by atoms with Crippen molar-refractivity contribution >= 4 is 23.4 Å². The second-order valence-electron chi connectivity index (χ2n) is 4.93. The number of hydrogen-bond acceptors (Lipinski definition) is 4. The summed E-state index contributed by atoms with van der Waals surface area (Å²) < 4.78 is 0. The van der Waals surface area contributed by atoms with Crippen LogP contribution in [0.2, 0.25) is 0 Å². The van der Waals surface area contributed by atoms with Gasteiger partial charge in [-0.3, -0.25) is 4.79 Å². The zero-order valence-electron chi connectivity index (χ0n) is 13.0. The summed E-state index contributed by atoms with van der Waals surface area (Å²) in [4.78, 5) is 18.6. The number of anilines is 1. The molecule has 0 aliphatic rings. The number of nitrogens with one attached hydrogen (secondary N) is 1. The second kappa shape index (κ2) is 8.44. The summed E-state index contributed by atoms with van der Waals surface area (Å²) in [7, 11) is 2.06. The molecular formula is C17H21N3OS. The first kappa shape index (κ1) is 16.4. The summed E-state index contributed by atoms with van der Waals surface area (Å²) in [6.07, 6.45) is 4.53. The van der Waals surface area contributed by atoms with Crippen LogP contribution in [0.25, 0.3) is 0 Å². The Labute approximate surface area is 135 Å². The highest BCUT2D eigenvalue weighted by atomic mass is 32.2. The summed E-state index contributed by atoms with van der Waals surface area (Å²) >= 11 is 1.48. The monoisotopic (exact) mass is 315 g/mol. The molecule has 1 heterocycles. The third kappa shape index (κ3) is 4.49. The standard InChI is InChI=1S/C17H21N3OS/c1-20(14-8-4-3-5-9-14)13-7-12-18-16(21)15-10-6-11-19-17(15)22-2/h3-6,8-11H,7,12-13H2,1-2H3,(H,18,21). The maximum atomic E-state index is 12.2. The normalized spacial score (nSPS) is 10.3. The third-order valence-electron chi connectivity index (χ3n) is 3.36. The van der Waals surface area contributed by atoms with E-state index in [1.807, 2.05) is 30.5 Å². The molecule has 0 unspecified atom stereocenters. The van der Waals surface area contributed by atoms with E-state index >= 15 is 0 Å². The predicted octanol–water partition coefficient (Wildman–Crippen LogP) is 3.06. The van der Waals surface area contributed by atoms with Gasteiger partial charge in [0, 0.05) is 32.0 Å². The van der Waals surface area contributed by atoms with Gasteiger partial charge in [0.25, 0.3) is 5.91 Å². The van der Waals surface area contributed by atoms with Crippen LogP contribution in [0.3, 0.4) is 0 Å². The van der Waals surface area contributed by atoms with Crippen molar-refractivity contribution in [3.8, 4) is 0 Å². The van der Waals surface area contributed by atoms with Crippen LogP contribution in [0.4, 0.5) is 5.69 Å². The van der Waals surface area contributed by atoms with Gasteiger partial charge >= 0.3 is 0 Å². The van der Waals surface area contributed by atoms with Gasteiger partial charge in [0.15, 0.2) is 0 Å². The van der Waals surface area contributed by atoms with E-state index in [1.165, 1.54) is 17.4 Å². The first-order valence-corrected chi connectivity index (χ1v) is 8.48. The first-order chi connectivity index (χ1) is 10.7. The average Bonchev–Trinajstić information content (AvgIpc) is 2.59. The van der Waals surface area contributed by atoms with Gasteiger partial charge in [-0.25, -0.2) is 4.98 Å². The Morgan fingerprint density at radius 1 is 1.23 bits per heavy atom. The smallest absolute Gasteiger partial charge is 0.254 e. The molecular weight excluding hydrogens is 294 g/mol. The highest BCUT2D eigenvalue weighted by molar-refractivity contribution is 7.98. The third-order valence-corrected chi connectivity index (χ3v) is 4.07. The van der Waals surface area contributed by atoms with Crippen molar-refractivity contribution < 1.29 is 4.79 Å². The fourth-order valence-electron chi connectivity index (χ4n) is 2.15.